The van der Waals surface area contributed by atoms with Crippen molar-refractivity contribution in [2.45, 2.75) is 12.3 Å². The van der Waals surface area contributed by atoms with Crippen LogP contribution < -0.4 is 5.30 Å². The van der Waals surface area contributed by atoms with Gasteiger partial charge in [0, 0.05) is 0 Å². The molecule has 0 saturated carbocycles. The average Bonchev–Trinajstić information content (AvgIpc) is 2.57. The Kier molecular flexibility index (Phi) is 4.32. The van der Waals surface area contributed by atoms with E-state index in [-0.39, 0.29) is 12.3 Å². The zero-order valence-electron chi connectivity index (χ0n) is 12.9. The van der Waals surface area contributed by atoms with Crippen molar-refractivity contribution in [3.8, 4) is 0 Å². The minimum absolute atomic E-state index is 0.255. The van der Waals surface area contributed by atoms with Crippen molar-refractivity contribution in [1.29, 1.82) is 0 Å². The van der Waals surface area contributed by atoms with E-state index in [4.69, 9.17) is 0 Å². The van der Waals surface area contributed by atoms with Crippen LogP contribution in [0.4, 0.5) is 0 Å². The first-order chi connectivity index (χ1) is 11.1. The molecule has 0 aliphatic rings. The van der Waals surface area contributed by atoms with Gasteiger partial charge in [-0.2, -0.15) is 0 Å². The molecule has 0 aromatic heterocycles. The standard InChI is InChI=1S/C20H21O2P/c21-23(22,20-14-8-3-9-15-20,16-18-10-4-1-5-11-18)17-19-12-6-2-7-13-19/h1-15,21-22H,16-17H2. The monoisotopic (exact) mass is 324 g/mol. The van der Waals surface area contributed by atoms with E-state index in [9.17, 15) is 9.79 Å². The van der Waals surface area contributed by atoms with E-state index in [1.165, 1.54) is 0 Å². The van der Waals surface area contributed by atoms with Gasteiger partial charge in [0.15, 0.2) is 0 Å². The van der Waals surface area contributed by atoms with E-state index in [1.54, 1.807) is 0 Å². The third-order valence-corrected chi connectivity index (χ3v) is 7.62. The van der Waals surface area contributed by atoms with Crippen molar-refractivity contribution in [1.82, 2.24) is 0 Å². The van der Waals surface area contributed by atoms with Crippen LogP contribution in [0.15, 0.2) is 91.0 Å². The molecule has 0 bridgehead atoms. The molecule has 0 fully saturated rings. The normalized spacial score (nSPS) is 13.2. The molecule has 0 saturated heterocycles. The van der Waals surface area contributed by atoms with Crippen LogP contribution in [-0.4, -0.2) is 9.79 Å². The van der Waals surface area contributed by atoms with Crippen LogP contribution in [0.3, 0.4) is 0 Å². The van der Waals surface area contributed by atoms with Gasteiger partial charge in [-0.25, -0.2) is 0 Å². The summed E-state index contributed by atoms with van der Waals surface area (Å²) in [6.45, 7) is 0. The molecule has 2 nitrogen and oxygen atoms in total. The molecule has 0 amide bonds. The first-order valence-electron chi connectivity index (χ1n) is 7.70. The van der Waals surface area contributed by atoms with Gasteiger partial charge in [-0.1, -0.05) is 0 Å². The number of hydrogen-bond acceptors (Lipinski definition) is 2. The van der Waals surface area contributed by atoms with Crippen LogP contribution in [0.25, 0.3) is 0 Å². The van der Waals surface area contributed by atoms with Crippen molar-refractivity contribution in [2.75, 3.05) is 0 Å². The van der Waals surface area contributed by atoms with Crippen LogP contribution in [0.2, 0.25) is 0 Å². The van der Waals surface area contributed by atoms with Gasteiger partial charge in [-0.05, 0) is 0 Å². The van der Waals surface area contributed by atoms with E-state index in [1.807, 2.05) is 91.0 Å². The number of rotatable bonds is 5. The molecule has 118 valence electrons. The van der Waals surface area contributed by atoms with Crippen molar-refractivity contribution < 1.29 is 9.79 Å². The Morgan fingerprint density at radius 1 is 0.522 bits per heavy atom. The summed E-state index contributed by atoms with van der Waals surface area (Å²) in [7, 11) is -4.10. The summed E-state index contributed by atoms with van der Waals surface area (Å²) in [6.07, 6.45) is 0.511. The number of hydrogen-bond donors (Lipinski definition) is 2. The summed E-state index contributed by atoms with van der Waals surface area (Å²) in [4.78, 5) is 23.1. The van der Waals surface area contributed by atoms with Gasteiger partial charge in [-0.3, -0.25) is 0 Å². The van der Waals surface area contributed by atoms with Gasteiger partial charge >= 0.3 is 137 Å². The van der Waals surface area contributed by atoms with E-state index in [0.717, 1.165) is 11.1 Å². The first kappa shape index (κ1) is 15.9. The summed E-state index contributed by atoms with van der Waals surface area (Å²) in [5.41, 5.74) is 1.88. The van der Waals surface area contributed by atoms with Gasteiger partial charge in [0.05, 0.1) is 0 Å². The van der Waals surface area contributed by atoms with E-state index in [2.05, 4.69) is 0 Å². The van der Waals surface area contributed by atoms with Crippen LogP contribution >= 0.6 is 7.06 Å². The van der Waals surface area contributed by atoms with E-state index in [0.29, 0.717) is 5.30 Å². The summed E-state index contributed by atoms with van der Waals surface area (Å²) in [5.74, 6) is 0. The Morgan fingerprint density at radius 2 is 0.870 bits per heavy atom. The third-order valence-electron chi connectivity index (χ3n) is 4.07. The second kappa shape index (κ2) is 6.25. The SMILES string of the molecule is OP(O)(Cc1ccccc1)(Cc1ccccc1)c1ccccc1. The van der Waals surface area contributed by atoms with E-state index >= 15 is 0 Å². The number of benzene rings is 3. The zero-order chi connectivity index (χ0) is 16.2. The first-order valence-corrected chi connectivity index (χ1v) is 10.2. The predicted octanol–water partition coefficient (Wildman–Crippen LogP) is 4.08. The third kappa shape index (κ3) is 3.68. The Balaban J connectivity index is 2.05. The van der Waals surface area contributed by atoms with Gasteiger partial charge in [0.25, 0.3) is 0 Å². The van der Waals surface area contributed by atoms with Crippen LogP contribution in [0.1, 0.15) is 11.1 Å². The fourth-order valence-electron chi connectivity index (χ4n) is 2.94. The summed E-state index contributed by atoms with van der Waals surface area (Å²) >= 11 is 0. The van der Waals surface area contributed by atoms with Crippen molar-refractivity contribution in [2.24, 2.45) is 0 Å². The van der Waals surface area contributed by atoms with Crippen molar-refractivity contribution >= 4 is 12.4 Å². The van der Waals surface area contributed by atoms with Gasteiger partial charge < -0.3 is 0 Å². The second-order valence-corrected chi connectivity index (χ2v) is 9.96. The summed E-state index contributed by atoms with van der Waals surface area (Å²) in [6, 6.07) is 28.6. The average molecular weight is 324 g/mol. The van der Waals surface area contributed by atoms with E-state index < -0.39 is 7.06 Å². The fraction of sp³-hybridized carbons (Fsp3) is 0.100. The quantitative estimate of drug-likeness (QED) is 0.694. The molecule has 0 spiro atoms. The molecule has 3 aromatic rings. The van der Waals surface area contributed by atoms with Crippen LogP contribution in [0.5, 0.6) is 0 Å². The molecule has 0 unspecified atom stereocenters. The molecular weight excluding hydrogens is 303 g/mol. The second-order valence-electron chi connectivity index (χ2n) is 6.02. The molecule has 23 heavy (non-hydrogen) atoms. The molecule has 3 aromatic carbocycles. The molecule has 3 heteroatoms. The Labute approximate surface area is 137 Å². The van der Waals surface area contributed by atoms with Crippen LogP contribution in [0, 0.1) is 0 Å². The van der Waals surface area contributed by atoms with Gasteiger partial charge in [0.1, 0.15) is 0 Å². The molecule has 2 N–H and O–H groups in total. The Morgan fingerprint density at radius 3 is 1.26 bits per heavy atom. The predicted molar refractivity (Wildman–Crippen MR) is 97.7 cm³/mol. The fourth-order valence-corrected chi connectivity index (χ4v) is 6.24. The van der Waals surface area contributed by atoms with Crippen molar-refractivity contribution in [3.63, 3.8) is 0 Å². The topological polar surface area (TPSA) is 40.5 Å². The molecule has 0 aliphatic heterocycles. The van der Waals surface area contributed by atoms with Gasteiger partial charge in [-0.15, -0.1) is 0 Å². The Hall–Kier alpha value is -1.99. The minimum atomic E-state index is -4.10. The van der Waals surface area contributed by atoms with Crippen molar-refractivity contribution in [3.05, 3.63) is 102 Å². The maximum absolute atomic E-state index is 11.5. The Bertz CT molecular complexity index is 710. The molecule has 0 heterocycles. The molecule has 0 radical (unpaired) electrons. The summed E-state index contributed by atoms with van der Waals surface area (Å²) in [5, 5.41) is 0.631. The molecular formula is C20H21O2P. The maximum atomic E-state index is 11.5. The molecule has 0 atom stereocenters. The molecule has 3 rings (SSSR count). The van der Waals surface area contributed by atoms with Crippen LogP contribution in [-0.2, 0) is 12.3 Å². The summed E-state index contributed by atoms with van der Waals surface area (Å²) < 4.78 is 0. The molecule has 0 aliphatic carbocycles. The van der Waals surface area contributed by atoms with Gasteiger partial charge in [0.2, 0.25) is 0 Å². The zero-order valence-corrected chi connectivity index (χ0v) is 13.8.